The number of hydrogen-bond donors (Lipinski definition) is 1. The molecule has 0 aliphatic carbocycles. The molecule has 0 atom stereocenters. The Bertz CT molecular complexity index is 1020. The number of amides is 1. The minimum absolute atomic E-state index is 0.241. The van der Waals surface area contributed by atoms with Crippen LogP contribution in [0.15, 0.2) is 55.1 Å². The Morgan fingerprint density at radius 3 is 2.50 bits per heavy atom. The van der Waals surface area contributed by atoms with Crippen molar-refractivity contribution in [3.63, 3.8) is 0 Å². The Balaban J connectivity index is 1.97. The van der Waals surface area contributed by atoms with Crippen LogP contribution in [0.3, 0.4) is 0 Å². The molecule has 7 nitrogen and oxygen atoms in total. The van der Waals surface area contributed by atoms with Crippen LogP contribution >= 0.6 is 0 Å². The number of nitrogens with zero attached hydrogens (tertiary/aromatic N) is 3. The average Bonchev–Trinajstić information content (AvgIpc) is 3.20. The van der Waals surface area contributed by atoms with Crippen molar-refractivity contribution in [3.8, 4) is 5.69 Å². The van der Waals surface area contributed by atoms with Crippen molar-refractivity contribution in [2.75, 3.05) is 12.4 Å². The van der Waals surface area contributed by atoms with E-state index in [-0.39, 0.29) is 5.91 Å². The molecule has 0 spiro atoms. The second kappa shape index (κ2) is 8.30. The zero-order valence-electron chi connectivity index (χ0n) is 15.8. The number of ether oxygens (including phenoxy) is 1. The van der Waals surface area contributed by atoms with Crippen molar-refractivity contribution in [2.45, 2.75) is 13.8 Å². The molecule has 7 heteroatoms. The van der Waals surface area contributed by atoms with Gasteiger partial charge < -0.3 is 10.1 Å². The Morgan fingerprint density at radius 1 is 1.11 bits per heavy atom. The molecular formula is C21H20N4O3. The van der Waals surface area contributed by atoms with E-state index in [0.29, 0.717) is 16.8 Å². The summed E-state index contributed by atoms with van der Waals surface area (Å²) in [5, 5.41) is 7.03. The number of rotatable bonds is 5. The van der Waals surface area contributed by atoms with Crippen molar-refractivity contribution in [3.05, 3.63) is 77.4 Å². The van der Waals surface area contributed by atoms with Gasteiger partial charge in [0.25, 0.3) is 5.91 Å². The fourth-order valence-electron chi connectivity index (χ4n) is 2.81. The first kappa shape index (κ1) is 19.0. The molecule has 1 N–H and O–H groups in total. The Labute approximate surface area is 162 Å². The van der Waals surface area contributed by atoms with Gasteiger partial charge in [0.2, 0.25) is 0 Å². The van der Waals surface area contributed by atoms with Crippen LogP contribution in [0, 0.1) is 13.8 Å². The van der Waals surface area contributed by atoms with E-state index in [1.807, 2.05) is 38.1 Å². The van der Waals surface area contributed by atoms with Gasteiger partial charge in [0, 0.05) is 11.6 Å². The van der Waals surface area contributed by atoms with Gasteiger partial charge in [0.15, 0.2) is 0 Å². The fraction of sp³-hybridized carbons (Fsp3) is 0.143. The number of esters is 1. The van der Waals surface area contributed by atoms with Crippen LogP contribution in [0.2, 0.25) is 0 Å². The predicted octanol–water partition coefficient (Wildman–Crippen LogP) is 3.32. The smallest absolute Gasteiger partial charge is 0.330 e. The number of hydrogen-bond acceptors (Lipinski definition) is 5. The van der Waals surface area contributed by atoms with Gasteiger partial charge in [-0.3, -0.25) is 4.79 Å². The van der Waals surface area contributed by atoms with E-state index in [1.54, 1.807) is 29.2 Å². The molecule has 0 saturated carbocycles. The molecule has 3 aromatic rings. The third kappa shape index (κ3) is 4.50. The first-order chi connectivity index (χ1) is 13.5. The van der Waals surface area contributed by atoms with Crippen LogP contribution in [-0.4, -0.2) is 33.8 Å². The number of carbonyl (C=O) groups is 2. The molecule has 0 aliphatic heterocycles. The summed E-state index contributed by atoms with van der Waals surface area (Å²) >= 11 is 0. The molecule has 2 aromatic carbocycles. The molecular weight excluding hydrogens is 356 g/mol. The molecule has 0 unspecified atom stereocenters. The zero-order chi connectivity index (χ0) is 20.1. The highest BCUT2D eigenvalue weighted by atomic mass is 16.5. The molecule has 1 aromatic heterocycles. The van der Waals surface area contributed by atoms with Gasteiger partial charge >= 0.3 is 5.97 Å². The number of benzene rings is 2. The maximum absolute atomic E-state index is 12.8. The first-order valence-electron chi connectivity index (χ1n) is 8.61. The van der Waals surface area contributed by atoms with Crippen molar-refractivity contribution in [2.24, 2.45) is 0 Å². The maximum Gasteiger partial charge on any atom is 0.330 e. The quantitative estimate of drug-likeness (QED) is 0.545. The zero-order valence-corrected chi connectivity index (χ0v) is 15.8. The standard InChI is InChI=1S/C21H20N4O3/c1-14-8-15(2)10-17(9-14)21(27)24-19-11-18(25-13-22-12-23-25)6-4-16(19)5-7-20(26)28-3/h4-13H,1-3H3,(H,24,27). The minimum Gasteiger partial charge on any atom is -0.466 e. The summed E-state index contributed by atoms with van der Waals surface area (Å²) in [4.78, 5) is 28.2. The normalized spacial score (nSPS) is 10.8. The molecule has 1 amide bonds. The van der Waals surface area contributed by atoms with Crippen molar-refractivity contribution >= 4 is 23.6 Å². The highest BCUT2D eigenvalue weighted by Gasteiger charge is 2.11. The number of anilines is 1. The summed E-state index contributed by atoms with van der Waals surface area (Å²) in [6, 6.07) is 11.0. The monoisotopic (exact) mass is 376 g/mol. The van der Waals surface area contributed by atoms with Gasteiger partial charge in [-0.2, -0.15) is 5.10 Å². The fourth-order valence-corrected chi connectivity index (χ4v) is 2.81. The van der Waals surface area contributed by atoms with Crippen LogP contribution in [0.5, 0.6) is 0 Å². The van der Waals surface area contributed by atoms with E-state index in [9.17, 15) is 9.59 Å². The largest absolute Gasteiger partial charge is 0.466 e. The Kier molecular flexibility index (Phi) is 5.64. The molecule has 142 valence electrons. The molecule has 28 heavy (non-hydrogen) atoms. The molecule has 0 bridgehead atoms. The summed E-state index contributed by atoms with van der Waals surface area (Å²) in [6.07, 6.45) is 5.89. The van der Waals surface area contributed by atoms with Crippen molar-refractivity contribution in [1.29, 1.82) is 0 Å². The molecule has 0 aliphatic rings. The summed E-state index contributed by atoms with van der Waals surface area (Å²) in [6.45, 7) is 3.89. The van der Waals surface area contributed by atoms with E-state index < -0.39 is 5.97 Å². The second-order valence-corrected chi connectivity index (χ2v) is 6.30. The second-order valence-electron chi connectivity index (χ2n) is 6.30. The summed E-state index contributed by atoms with van der Waals surface area (Å²) in [7, 11) is 1.31. The average molecular weight is 376 g/mol. The van der Waals surface area contributed by atoms with Gasteiger partial charge in [0.1, 0.15) is 12.7 Å². The van der Waals surface area contributed by atoms with Crippen LogP contribution < -0.4 is 5.32 Å². The number of nitrogens with one attached hydrogen (secondary N) is 1. The number of carbonyl (C=O) groups excluding carboxylic acids is 2. The van der Waals surface area contributed by atoms with Crippen LogP contribution in [0.4, 0.5) is 5.69 Å². The lowest BCUT2D eigenvalue weighted by Crippen LogP contribution is -2.13. The maximum atomic E-state index is 12.8. The van der Waals surface area contributed by atoms with E-state index in [4.69, 9.17) is 0 Å². The van der Waals surface area contributed by atoms with Crippen LogP contribution in [-0.2, 0) is 9.53 Å². The predicted molar refractivity (Wildman–Crippen MR) is 106 cm³/mol. The summed E-state index contributed by atoms with van der Waals surface area (Å²) in [5.41, 5.74) is 4.50. The van der Waals surface area contributed by atoms with E-state index >= 15 is 0 Å². The molecule has 1 heterocycles. The van der Waals surface area contributed by atoms with E-state index in [2.05, 4.69) is 20.1 Å². The molecule has 0 fully saturated rings. The molecule has 0 saturated heterocycles. The van der Waals surface area contributed by atoms with Gasteiger partial charge in [-0.05, 0) is 49.8 Å². The molecule has 0 radical (unpaired) electrons. The van der Waals surface area contributed by atoms with Crippen LogP contribution in [0.1, 0.15) is 27.0 Å². The number of aromatic nitrogens is 3. The Morgan fingerprint density at radius 2 is 1.86 bits per heavy atom. The lowest BCUT2D eigenvalue weighted by Gasteiger charge is -2.12. The molecule has 3 rings (SSSR count). The van der Waals surface area contributed by atoms with Crippen LogP contribution in [0.25, 0.3) is 11.8 Å². The third-order valence-corrected chi connectivity index (χ3v) is 4.05. The van der Waals surface area contributed by atoms with Gasteiger partial charge in [-0.1, -0.05) is 23.3 Å². The van der Waals surface area contributed by atoms with Crippen molar-refractivity contribution in [1.82, 2.24) is 14.8 Å². The highest BCUT2D eigenvalue weighted by Crippen LogP contribution is 2.23. The lowest BCUT2D eigenvalue weighted by molar-refractivity contribution is -0.134. The van der Waals surface area contributed by atoms with E-state index in [1.165, 1.54) is 19.5 Å². The first-order valence-corrected chi connectivity index (χ1v) is 8.61. The highest BCUT2D eigenvalue weighted by molar-refractivity contribution is 6.06. The van der Waals surface area contributed by atoms with Gasteiger partial charge in [0.05, 0.1) is 18.5 Å². The topological polar surface area (TPSA) is 86.1 Å². The SMILES string of the molecule is COC(=O)C=Cc1ccc(-n2cncn2)cc1NC(=O)c1cc(C)cc(C)c1. The Hall–Kier alpha value is -3.74. The third-order valence-electron chi connectivity index (χ3n) is 4.05. The summed E-state index contributed by atoms with van der Waals surface area (Å²) in [5.74, 6) is -0.720. The minimum atomic E-state index is -0.480. The van der Waals surface area contributed by atoms with Gasteiger partial charge in [-0.25, -0.2) is 14.5 Å². The van der Waals surface area contributed by atoms with E-state index in [0.717, 1.165) is 16.8 Å². The number of aryl methyl sites for hydroxylation is 2. The summed E-state index contributed by atoms with van der Waals surface area (Å²) < 4.78 is 6.22. The van der Waals surface area contributed by atoms with Gasteiger partial charge in [-0.15, -0.1) is 0 Å². The van der Waals surface area contributed by atoms with Crippen molar-refractivity contribution < 1.29 is 14.3 Å². The lowest BCUT2D eigenvalue weighted by atomic mass is 10.1. The number of methoxy groups -OCH3 is 1.